The van der Waals surface area contributed by atoms with Crippen molar-refractivity contribution in [2.45, 2.75) is 18.4 Å². The minimum absolute atomic E-state index is 0.127. The summed E-state index contributed by atoms with van der Waals surface area (Å²) < 4.78 is 53.6. The number of carbonyl (C=O) groups is 1. The van der Waals surface area contributed by atoms with Crippen LogP contribution in [0.2, 0.25) is 0 Å². The maximum absolute atomic E-state index is 13.2. The number of para-hydroxylation sites is 1. The summed E-state index contributed by atoms with van der Waals surface area (Å²) in [4.78, 5) is 16.0. The molecule has 0 radical (unpaired) electrons. The first kappa shape index (κ1) is 22.8. The van der Waals surface area contributed by atoms with Gasteiger partial charge in [-0.2, -0.15) is 22.8 Å². The largest absolute Gasteiger partial charge is 0.491 e. The lowest BCUT2D eigenvalue weighted by atomic mass is 10.1. The number of hydrogen-bond acceptors (Lipinski definition) is 8. The molecular weight excluding hydrogens is 491 g/mol. The predicted molar refractivity (Wildman–Crippen MR) is 125 cm³/mol. The van der Waals surface area contributed by atoms with Crippen molar-refractivity contribution < 1.29 is 27.4 Å². The normalized spacial score (nSPS) is 17.3. The van der Waals surface area contributed by atoms with Crippen molar-refractivity contribution in [2.24, 2.45) is 7.05 Å². The van der Waals surface area contributed by atoms with Gasteiger partial charge in [-0.3, -0.25) is 0 Å². The third kappa shape index (κ3) is 3.97. The van der Waals surface area contributed by atoms with Crippen LogP contribution in [0.15, 0.2) is 60.9 Å². The van der Waals surface area contributed by atoms with Gasteiger partial charge in [0.2, 0.25) is 0 Å². The highest BCUT2D eigenvalue weighted by Gasteiger charge is 2.50. The molecule has 0 amide bonds. The van der Waals surface area contributed by atoms with Gasteiger partial charge in [0.1, 0.15) is 0 Å². The molecule has 0 aliphatic carbocycles. The summed E-state index contributed by atoms with van der Waals surface area (Å²) in [6.45, 7) is -0.309. The summed E-state index contributed by atoms with van der Waals surface area (Å²) in [6, 6.07) is 14.4. The van der Waals surface area contributed by atoms with Crippen LogP contribution in [0.5, 0.6) is 5.75 Å². The van der Waals surface area contributed by atoms with Crippen LogP contribution >= 0.6 is 0 Å². The summed E-state index contributed by atoms with van der Waals surface area (Å²) in [5, 5.41) is 16.7. The van der Waals surface area contributed by atoms with Crippen LogP contribution in [0, 0.1) is 0 Å². The van der Waals surface area contributed by atoms with Gasteiger partial charge in [0, 0.05) is 35.9 Å². The van der Waals surface area contributed by atoms with E-state index in [-0.39, 0.29) is 24.5 Å². The number of nitrogens with one attached hydrogen (secondary N) is 1. The summed E-state index contributed by atoms with van der Waals surface area (Å²) in [5.41, 5.74) is 2.83. The minimum Gasteiger partial charge on any atom is -0.446 e. The topological polar surface area (TPSA) is 108 Å². The maximum atomic E-state index is 13.2. The van der Waals surface area contributed by atoms with E-state index in [0.717, 1.165) is 16.5 Å². The van der Waals surface area contributed by atoms with Gasteiger partial charge in [-0.25, -0.2) is 9.78 Å². The second-order valence-electron chi connectivity index (χ2n) is 8.56. The molecule has 5 heterocycles. The van der Waals surface area contributed by atoms with Crippen LogP contribution in [0.4, 0.5) is 19.0 Å². The van der Waals surface area contributed by atoms with E-state index < -0.39 is 17.9 Å². The first-order valence-corrected chi connectivity index (χ1v) is 11.2. The quantitative estimate of drug-likeness (QED) is 0.367. The van der Waals surface area contributed by atoms with E-state index in [1.165, 1.54) is 16.8 Å². The first-order chi connectivity index (χ1) is 17.7. The lowest BCUT2D eigenvalue weighted by Crippen LogP contribution is -2.53. The number of alkyl halides is 3. The number of fused-ring (bicyclic) bond motifs is 3. The standard InChI is InChI=1S/C24H18F3N7O3/c1-33-12-15(14-5-2-3-6-17(14)33)16-8-9-19-30-31-20(34(19)32-16)11-23(37-22(35)24(25,26)27)13-29-21-18(36-23)7-4-10-28-21/h2-10,12H,11,13H2,1H3,(H,28,29). The number of benzene rings is 1. The van der Waals surface area contributed by atoms with Gasteiger partial charge >= 0.3 is 12.1 Å². The van der Waals surface area contributed by atoms with Gasteiger partial charge in [-0.05, 0) is 30.3 Å². The van der Waals surface area contributed by atoms with Crippen molar-refractivity contribution in [1.29, 1.82) is 0 Å². The summed E-state index contributed by atoms with van der Waals surface area (Å²) in [5.74, 6) is -3.89. The Morgan fingerprint density at radius 3 is 2.84 bits per heavy atom. The average molecular weight is 509 g/mol. The summed E-state index contributed by atoms with van der Waals surface area (Å²) >= 11 is 0. The molecule has 0 bridgehead atoms. The van der Waals surface area contributed by atoms with Gasteiger partial charge in [0.25, 0.3) is 5.79 Å². The van der Waals surface area contributed by atoms with Gasteiger partial charge in [-0.1, -0.05) is 18.2 Å². The monoisotopic (exact) mass is 509 g/mol. The molecule has 1 aromatic carbocycles. The Kier molecular flexibility index (Phi) is 5.03. The summed E-state index contributed by atoms with van der Waals surface area (Å²) in [6.07, 6.45) is -2.16. The molecule has 6 rings (SSSR count). The molecule has 0 spiro atoms. The van der Waals surface area contributed by atoms with Crippen molar-refractivity contribution in [3.63, 3.8) is 0 Å². The van der Waals surface area contributed by atoms with E-state index in [9.17, 15) is 18.0 Å². The minimum atomic E-state index is -5.22. The Labute approximate surface area is 206 Å². The van der Waals surface area contributed by atoms with Crippen molar-refractivity contribution >= 4 is 28.3 Å². The Hall–Kier alpha value is -4.68. The first-order valence-electron chi connectivity index (χ1n) is 11.2. The number of halogens is 3. The number of nitrogens with zero attached hydrogens (tertiary/aromatic N) is 6. The van der Waals surface area contributed by atoms with E-state index in [1.54, 1.807) is 18.2 Å². The maximum Gasteiger partial charge on any atom is 0.491 e. The Morgan fingerprint density at radius 1 is 1.16 bits per heavy atom. The number of esters is 1. The van der Waals surface area contributed by atoms with Gasteiger partial charge < -0.3 is 19.4 Å². The fourth-order valence-corrected chi connectivity index (χ4v) is 4.35. The number of carbonyl (C=O) groups excluding carboxylic acids is 1. The van der Waals surface area contributed by atoms with E-state index in [0.29, 0.717) is 17.2 Å². The Balaban J connectivity index is 1.41. The predicted octanol–water partition coefficient (Wildman–Crippen LogP) is 3.53. The molecule has 1 atom stereocenters. The highest BCUT2D eigenvalue weighted by atomic mass is 19.4. The second-order valence-corrected chi connectivity index (χ2v) is 8.56. The zero-order chi connectivity index (χ0) is 25.8. The number of ether oxygens (including phenoxy) is 2. The lowest BCUT2D eigenvalue weighted by Gasteiger charge is -2.37. The van der Waals surface area contributed by atoms with Crippen LogP contribution in [0.1, 0.15) is 5.82 Å². The Morgan fingerprint density at radius 2 is 2.00 bits per heavy atom. The molecule has 13 heteroatoms. The third-order valence-electron chi connectivity index (χ3n) is 6.03. The molecule has 5 aromatic rings. The number of aromatic nitrogens is 6. The van der Waals surface area contributed by atoms with E-state index in [2.05, 4.69) is 25.6 Å². The molecule has 1 N–H and O–H groups in total. The highest BCUT2D eigenvalue weighted by Crippen LogP contribution is 2.35. The third-order valence-corrected chi connectivity index (χ3v) is 6.03. The van der Waals surface area contributed by atoms with Gasteiger partial charge in [-0.15, -0.1) is 10.2 Å². The Bertz CT molecular complexity index is 1660. The molecule has 0 fully saturated rings. The molecule has 37 heavy (non-hydrogen) atoms. The van der Waals surface area contributed by atoms with E-state index in [1.807, 2.05) is 42.1 Å². The SMILES string of the molecule is Cn1cc(-c2ccc3nnc(CC4(OC(=O)C(F)(F)F)CNc5ncccc5O4)n3n2)c2ccccc21. The summed E-state index contributed by atoms with van der Waals surface area (Å²) in [7, 11) is 1.92. The molecule has 1 aliphatic rings. The van der Waals surface area contributed by atoms with Crippen molar-refractivity contribution in [3.05, 3.63) is 66.7 Å². The molecular formula is C24H18F3N7O3. The molecule has 188 valence electrons. The fraction of sp³-hybridized carbons (Fsp3) is 0.208. The van der Waals surface area contributed by atoms with E-state index in [4.69, 9.17) is 9.47 Å². The number of pyridine rings is 1. The van der Waals surface area contributed by atoms with Crippen LogP contribution in [-0.2, 0) is 23.0 Å². The zero-order valence-electron chi connectivity index (χ0n) is 19.2. The van der Waals surface area contributed by atoms with Crippen LogP contribution in [0.3, 0.4) is 0 Å². The molecule has 0 saturated heterocycles. The second kappa shape index (κ2) is 8.18. The van der Waals surface area contributed by atoms with Crippen molar-refractivity contribution in [1.82, 2.24) is 29.4 Å². The number of aryl methyl sites for hydroxylation is 1. The lowest BCUT2D eigenvalue weighted by molar-refractivity contribution is -0.238. The van der Waals surface area contributed by atoms with Crippen molar-refractivity contribution in [2.75, 3.05) is 11.9 Å². The molecule has 0 saturated carbocycles. The number of rotatable bonds is 4. The number of hydrogen-bond donors (Lipinski definition) is 1. The van der Waals surface area contributed by atoms with Crippen LogP contribution in [0.25, 0.3) is 27.8 Å². The van der Waals surface area contributed by atoms with Crippen LogP contribution < -0.4 is 10.1 Å². The van der Waals surface area contributed by atoms with Gasteiger partial charge in [0.05, 0.1) is 18.7 Å². The van der Waals surface area contributed by atoms with Gasteiger partial charge in [0.15, 0.2) is 23.0 Å². The van der Waals surface area contributed by atoms with Crippen LogP contribution in [-0.4, -0.2) is 53.8 Å². The average Bonchev–Trinajstić information content (AvgIpc) is 3.43. The zero-order valence-corrected chi connectivity index (χ0v) is 19.2. The molecule has 4 aromatic heterocycles. The van der Waals surface area contributed by atoms with Crippen molar-refractivity contribution in [3.8, 4) is 17.0 Å². The molecule has 1 unspecified atom stereocenters. The fourth-order valence-electron chi connectivity index (χ4n) is 4.35. The van der Waals surface area contributed by atoms with E-state index >= 15 is 0 Å². The smallest absolute Gasteiger partial charge is 0.446 e. The molecule has 1 aliphatic heterocycles. The molecule has 10 nitrogen and oxygen atoms in total. The number of anilines is 1. The highest BCUT2D eigenvalue weighted by molar-refractivity contribution is 5.95.